The fourth-order valence-corrected chi connectivity index (χ4v) is 2.04. The van der Waals surface area contributed by atoms with Gasteiger partial charge in [0.05, 0.1) is 6.61 Å². The maximum absolute atomic E-state index is 10.4. The fourth-order valence-electron chi connectivity index (χ4n) is 2.04. The molecule has 2 N–H and O–H groups in total. The van der Waals surface area contributed by atoms with Crippen molar-refractivity contribution in [3.05, 3.63) is 35.9 Å². The van der Waals surface area contributed by atoms with E-state index in [9.17, 15) is 9.90 Å². The van der Waals surface area contributed by atoms with Crippen LogP contribution in [0.3, 0.4) is 0 Å². The Kier molecular flexibility index (Phi) is 9.75. The molecule has 0 heterocycles. The van der Waals surface area contributed by atoms with E-state index in [0.29, 0.717) is 12.4 Å². The summed E-state index contributed by atoms with van der Waals surface area (Å²) in [5.41, 5.74) is 0.738. The molecule has 0 saturated carbocycles. The van der Waals surface area contributed by atoms with E-state index in [1.807, 2.05) is 0 Å². The molecule has 5 nitrogen and oxygen atoms in total. The summed E-state index contributed by atoms with van der Waals surface area (Å²) in [4.78, 5) is 10.4. The molecule has 128 valence electrons. The number of aliphatic carboxylic acids is 1. The highest BCUT2D eigenvalue weighted by atomic mass is 16.8. The van der Waals surface area contributed by atoms with E-state index in [-0.39, 0.29) is 0 Å². The third kappa shape index (κ3) is 9.71. The van der Waals surface area contributed by atoms with E-state index < -0.39 is 12.4 Å². The average molecular weight is 322 g/mol. The predicted octanol–water partition coefficient (Wildman–Crippen LogP) is 3.82. The second-order valence-electron chi connectivity index (χ2n) is 5.30. The van der Waals surface area contributed by atoms with E-state index in [0.717, 1.165) is 24.5 Å². The van der Waals surface area contributed by atoms with Gasteiger partial charge in [0.15, 0.2) is 0 Å². The first-order valence-corrected chi connectivity index (χ1v) is 8.09. The number of benzene rings is 1. The lowest BCUT2D eigenvalue weighted by Crippen LogP contribution is -2.20. The van der Waals surface area contributed by atoms with Gasteiger partial charge in [0.2, 0.25) is 0 Å². The Morgan fingerprint density at radius 2 is 1.78 bits per heavy atom. The number of aliphatic hydroxyl groups is 1. The van der Waals surface area contributed by atoms with Crippen LogP contribution < -0.4 is 4.74 Å². The summed E-state index contributed by atoms with van der Waals surface area (Å²) >= 11 is 0. The summed E-state index contributed by atoms with van der Waals surface area (Å²) in [5.74, 6) is -0.531. The number of ether oxygens (including phenoxy) is 2. The summed E-state index contributed by atoms with van der Waals surface area (Å²) in [7, 11) is 0. The number of carbonyl (C=O) groups is 1. The van der Waals surface area contributed by atoms with Gasteiger partial charge >= 0.3 is 12.4 Å². The Morgan fingerprint density at radius 3 is 2.43 bits per heavy atom. The van der Waals surface area contributed by atoms with Gasteiger partial charge in [0, 0.05) is 6.08 Å². The zero-order valence-corrected chi connectivity index (χ0v) is 13.6. The summed E-state index contributed by atoms with van der Waals surface area (Å²) in [6.07, 6.45) is 9.49. The van der Waals surface area contributed by atoms with E-state index in [4.69, 9.17) is 14.6 Å². The second kappa shape index (κ2) is 11.7. The zero-order chi connectivity index (χ0) is 16.9. The summed E-state index contributed by atoms with van der Waals surface area (Å²) in [5, 5.41) is 18.2. The van der Waals surface area contributed by atoms with Crippen LogP contribution in [0.2, 0.25) is 0 Å². The van der Waals surface area contributed by atoms with Gasteiger partial charge in [0.1, 0.15) is 5.75 Å². The molecule has 23 heavy (non-hydrogen) atoms. The van der Waals surface area contributed by atoms with Crippen molar-refractivity contribution in [1.29, 1.82) is 0 Å². The zero-order valence-electron chi connectivity index (χ0n) is 13.6. The highest BCUT2D eigenvalue weighted by Crippen LogP contribution is 2.15. The normalized spacial score (nSPS) is 12.4. The molecule has 0 radical (unpaired) electrons. The number of unbranched alkanes of at least 4 members (excludes halogenated alkanes) is 5. The highest BCUT2D eigenvalue weighted by molar-refractivity contribution is 5.85. The minimum atomic E-state index is -1.29. The Balaban J connectivity index is 2.21. The highest BCUT2D eigenvalue weighted by Gasteiger charge is 2.05. The lowest BCUT2D eigenvalue weighted by atomic mass is 10.1. The molecule has 0 aliphatic rings. The van der Waals surface area contributed by atoms with Crippen LogP contribution in [0.4, 0.5) is 0 Å². The third-order valence-corrected chi connectivity index (χ3v) is 3.29. The Hall–Kier alpha value is -1.85. The van der Waals surface area contributed by atoms with E-state index in [1.165, 1.54) is 31.8 Å². The summed E-state index contributed by atoms with van der Waals surface area (Å²) in [6, 6.07) is 6.71. The van der Waals surface area contributed by atoms with Crippen LogP contribution in [0, 0.1) is 0 Å². The van der Waals surface area contributed by atoms with Gasteiger partial charge in [-0.05, 0) is 30.2 Å². The van der Waals surface area contributed by atoms with Crippen LogP contribution in [0.5, 0.6) is 5.75 Å². The van der Waals surface area contributed by atoms with Crippen molar-refractivity contribution in [2.45, 2.75) is 51.9 Å². The van der Waals surface area contributed by atoms with Crippen molar-refractivity contribution in [3.8, 4) is 5.75 Å². The van der Waals surface area contributed by atoms with Gasteiger partial charge in [-0.25, -0.2) is 4.79 Å². The molecule has 1 rings (SSSR count). The molecule has 0 fully saturated rings. The first-order chi connectivity index (χ1) is 11.1. The number of rotatable bonds is 12. The quantitative estimate of drug-likeness (QED) is 0.347. The molecule has 1 aromatic carbocycles. The maximum atomic E-state index is 10.4. The molecule has 0 amide bonds. The molecule has 1 unspecified atom stereocenters. The molecule has 0 bridgehead atoms. The largest absolute Gasteiger partial charge is 0.478 e. The molecule has 1 atom stereocenters. The van der Waals surface area contributed by atoms with Crippen LogP contribution in [-0.4, -0.2) is 29.3 Å². The van der Waals surface area contributed by atoms with Gasteiger partial charge in [-0.15, -0.1) is 0 Å². The fraction of sp³-hybridized carbons (Fsp3) is 0.500. The van der Waals surface area contributed by atoms with E-state index in [2.05, 4.69) is 6.92 Å². The van der Waals surface area contributed by atoms with Crippen molar-refractivity contribution in [1.82, 2.24) is 0 Å². The van der Waals surface area contributed by atoms with Gasteiger partial charge in [0.25, 0.3) is 0 Å². The second-order valence-corrected chi connectivity index (χ2v) is 5.30. The van der Waals surface area contributed by atoms with Gasteiger partial charge in [-0.2, -0.15) is 0 Å². The number of carboxylic acid groups (broad SMARTS) is 1. The summed E-state index contributed by atoms with van der Waals surface area (Å²) in [6.45, 7) is 1.37. The molecule has 0 saturated heterocycles. The minimum absolute atomic E-state index is 0.465. The number of carboxylic acids is 1. The lowest BCUT2D eigenvalue weighted by Gasteiger charge is -2.14. The van der Waals surface area contributed by atoms with Crippen LogP contribution in [0.1, 0.15) is 51.0 Å². The van der Waals surface area contributed by atoms with E-state index >= 15 is 0 Å². The van der Waals surface area contributed by atoms with Crippen molar-refractivity contribution in [2.75, 3.05) is 6.61 Å². The topological polar surface area (TPSA) is 76.0 Å². The molecule has 0 aliphatic carbocycles. The smallest absolute Gasteiger partial charge is 0.328 e. The van der Waals surface area contributed by atoms with Crippen molar-refractivity contribution in [3.63, 3.8) is 0 Å². The Morgan fingerprint density at radius 1 is 1.13 bits per heavy atom. The molecule has 1 aromatic rings. The van der Waals surface area contributed by atoms with Crippen LogP contribution in [-0.2, 0) is 9.53 Å². The van der Waals surface area contributed by atoms with Crippen LogP contribution >= 0.6 is 0 Å². The molecule has 5 heteroatoms. The SMILES string of the molecule is CCCCCCCCOC(O)Oc1ccc(/C=C/C(=O)O)cc1. The molecular weight excluding hydrogens is 296 g/mol. The van der Waals surface area contributed by atoms with Gasteiger partial charge in [-0.3, -0.25) is 0 Å². The lowest BCUT2D eigenvalue weighted by molar-refractivity contribution is -0.216. The first kappa shape index (κ1) is 19.2. The number of hydrogen-bond donors (Lipinski definition) is 2. The van der Waals surface area contributed by atoms with Gasteiger partial charge < -0.3 is 19.7 Å². The Labute approximate surface area is 137 Å². The monoisotopic (exact) mass is 322 g/mol. The van der Waals surface area contributed by atoms with Gasteiger partial charge in [-0.1, -0.05) is 51.2 Å². The Bertz CT molecular complexity index is 467. The molecule has 0 spiro atoms. The van der Waals surface area contributed by atoms with Crippen molar-refractivity contribution in [2.24, 2.45) is 0 Å². The molecule has 0 aromatic heterocycles. The minimum Gasteiger partial charge on any atom is -0.478 e. The standard InChI is InChI=1S/C18H26O5/c1-2-3-4-5-6-7-14-22-18(21)23-16-11-8-15(9-12-16)10-13-17(19)20/h8-13,18,21H,2-7,14H2,1H3,(H,19,20)/b13-10+. The number of hydrogen-bond acceptors (Lipinski definition) is 4. The van der Waals surface area contributed by atoms with E-state index in [1.54, 1.807) is 24.3 Å². The van der Waals surface area contributed by atoms with Crippen LogP contribution in [0.15, 0.2) is 30.3 Å². The third-order valence-electron chi connectivity index (χ3n) is 3.29. The molecular formula is C18H26O5. The maximum Gasteiger partial charge on any atom is 0.328 e. The predicted molar refractivity (Wildman–Crippen MR) is 89.1 cm³/mol. The van der Waals surface area contributed by atoms with Crippen LogP contribution in [0.25, 0.3) is 6.08 Å². The summed E-state index contributed by atoms with van der Waals surface area (Å²) < 4.78 is 10.4. The first-order valence-electron chi connectivity index (χ1n) is 8.09. The average Bonchev–Trinajstić information content (AvgIpc) is 2.53. The van der Waals surface area contributed by atoms with Crippen molar-refractivity contribution >= 4 is 12.0 Å². The number of aliphatic hydroxyl groups excluding tert-OH is 1. The molecule has 0 aliphatic heterocycles. The van der Waals surface area contributed by atoms with Crippen molar-refractivity contribution < 1.29 is 24.5 Å².